The Kier molecular flexibility index (Phi) is 5.47. The highest BCUT2D eigenvalue weighted by Gasteiger charge is 2.17. The van der Waals surface area contributed by atoms with Gasteiger partial charge in [-0.15, -0.1) is 0 Å². The number of rotatable bonds is 6. The molecule has 0 radical (unpaired) electrons. The number of anilines is 1. The van der Waals surface area contributed by atoms with Crippen LogP contribution < -0.4 is 9.44 Å². The Balaban J connectivity index is 2.21. The molecule has 0 saturated heterocycles. The molecule has 25 heavy (non-hydrogen) atoms. The van der Waals surface area contributed by atoms with E-state index in [1.54, 1.807) is 13.8 Å². The summed E-state index contributed by atoms with van der Waals surface area (Å²) in [5.74, 6) is 0. The largest absolute Gasteiger partial charge is 0.280 e. The zero-order valence-electron chi connectivity index (χ0n) is 13.6. The van der Waals surface area contributed by atoms with Gasteiger partial charge in [0.1, 0.15) is 0 Å². The molecule has 0 amide bonds. The first kappa shape index (κ1) is 18.9. The first-order valence-electron chi connectivity index (χ1n) is 7.29. The van der Waals surface area contributed by atoms with Crippen LogP contribution >= 0.6 is 0 Å². The molecule has 9 heteroatoms. The summed E-state index contributed by atoms with van der Waals surface area (Å²) in [5, 5.41) is 8.74. The smallest absolute Gasteiger partial charge is 0.261 e. The minimum Gasteiger partial charge on any atom is -0.280 e. The molecule has 0 bridgehead atoms. The molecule has 0 aliphatic rings. The van der Waals surface area contributed by atoms with Crippen LogP contribution in [0, 0.1) is 11.3 Å². The number of nitrogens with one attached hydrogen (secondary N) is 2. The first-order valence-corrected chi connectivity index (χ1v) is 10.3. The van der Waals surface area contributed by atoms with Crippen LogP contribution in [0.25, 0.3) is 0 Å². The lowest BCUT2D eigenvalue weighted by molar-refractivity contribution is 0.570. The fourth-order valence-corrected chi connectivity index (χ4v) is 4.31. The van der Waals surface area contributed by atoms with Gasteiger partial charge in [-0.25, -0.2) is 21.6 Å². The van der Waals surface area contributed by atoms with E-state index in [1.165, 1.54) is 48.5 Å². The van der Waals surface area contributed by atoms with E-state index in [9.17, 15) is 16.8 Å². The molecule has 7 nitrogen and oxygen atoms in total. The predicted octanol–water partition coefficient (Wildman–Crippen LogP) is 2.05. The Morgan fingerprint density at radius 3 is 1.80 bits per heavy atom. The van der Waals surface area contributed by atoms with E-state index in [4.69, 9.17) is 5.26 Å². The second-order valence-electron chi connectivity index (χ2n) is 5.54. The van der Waals surface area contributed by atoms with Gasteiger partial charge in [0.15, 0.2) is 0 Å². The fourth-order valence-electron chi connectivity index (χ4n) is 2.00. The molecule has 0 saturated carbocycles. The highest BCUT2D eigenvalue weighted by Crippen LogP contribution is 2.19. The van der Waals surface area contributed by atoms with Gasteiger partial charge in [-0.3, -0.25) is 4.72 Å². The predicted molar refractivity (Wildman–Crippen MR) is 93.9 cm³/mol. The number of hydrogen-bond donors (Lipinski definition) is 2. The monoisotopic (exact) mass is 379 g/mol. The molecule has 0 aliphatic carbocycles. The second-order valence-corrected chi connectivity index (χ2v) is 8.94. The normalized spacial score (nSPS) is 11.9. The Labute approximate surface area is 147 Å². The number of sulfonamides is 2. The van der Waals surface area contributed by atoms with Gasteiger partial charge in [0.2, 0.25) is 10.0 Å². The Hall–Kier alpha value is -2.41. The Morgan fingerprint density at radius 1 is 0.840 bits per heavy atom. The van der Waals surface area contributed by atoms with E-state index in [-0.39, 0.29) is 21.5 Å². The van der Waals surface area contributed by atoms with Crippen molar-refractivity contribution in [1.29, 1.82) is 5.26 Å². The lowest BCUT2D eigenvalue weighted by atomic mass is 10.2. The van der Waals surface area contributed by atoms with Gasteiger partial charge in [-0.1, -0.05) is 0 Å². The van der Waals surface area contributed by atoms with Crippen molar-refractivity contribution in [3.8, 4) is 6.07 Å². The molecule has 2 rings (SSSR count). The van der Waals surface area contributed by atoms with E-state index >= 15 is 0 Å². The van der Waals surface area contributed by atoms with Gasteiger partial charge >= 0.3 is 0 Å². The van der Waals surface area contributed by atoms with Gasteiger partial charge < -0.3 is 0 Å². The van der Waals surface area contributed by atoms with Crippen LogP contribution in [0.2, 0.25) is 0 Å². The zero-order chi connectivity index (χ0) is 18.7. The minimum absolute atomic E-state index is 0.00433. The lowest BCUT2D eigenvalue weighted by Gasteiger charge is -2.11. The van der Waals surface area contributed by atoms with Crippen molar-refractivity contribution < 1.29 is 16.8 Å². The molecule has 0 aromatic heterocycles. The summed E-state index contributed by atoms with van der Waals surface area (Å²) >= 11 is 0. The molecule has 2 aromatic rings. The SMILES string of the molecule is CC(C)NS(=O)(=O)c1ccc(NS(=O)(=O)c2ccc(C#N)cc2)cc1. The van der Waals surface area contributed by atoms with Crippen molar-refractivity contribution in [2.45, 2.75) is 29.7 Å². The standard InChI is InChI=1S/C16H17N3O4S2/c1-12(2)18-24(20,21)16-9-5-14(6-10-16)19-25(22,23)15-7-3-13(11-17)4-8-15/h3-10,12,18-19H,1-2H3. The lowest BCUT2D eigenvalue weighted by Crippen LogP contribution is -2.30. The number of nitriles is 1. The molecule has 0 aliphatic heterocycles. The molecule has 132 valence electrons. The molecule has 0 unspecified atom stereocenters. The van der Waals surface area contributed by atoms with E-state index < -0.39 is 20.0 Å². The van der Waals surface area contributed by atoms with Crippen molar-refractivity contribution in [2.24, 2.45) is 0 Å². The van der Waals surface area contributed by atoms with Crippen molar-refractivity contribution in [3.63, 3.8) is 0 Å². The maximum Gasteiger partial charge on any atom is 0.261 e. The van der Waals surface area contributed by atoms with Gasteiger partial charge in [0.05, 0.1) is 21.4 Å². The van der Waals surface area contributed by atoms with Crippen LogP contribution in [0.5, 0.6) is 0 Å². The van der Waals surface area contributed by atoms with E-state index in [2.05, 4.69) is 9.44 Å². The molecule has 2 N–H and O–H groups in total. The average molecular weight is 379 g/mol. The van der Waals surface area contributed by atoms with Gasteiger partial charge in [0.25, 0.3) is 10.0 Å². The Morgan fingerprint density at radius 2 is 1.32 bits per heavy atom. The highest BCUT2D eigenvalue weighted by atomic mass is 32.2. The fraction of sp³-hybridized carbons (Fsp3) is 0.188. The van der Waals surface area contributed by atoms with Crippen molar-refractivity contribution in [2.75, 3.05) is 4.72 Å². The minimum atomic E-state index is -3.83. The van der Waals surface area contributed by atoms with Gasteiger partial charge in [-0.2, -0.15) is 5.26 Å². The van der Waals surface area contributed by atoms with Crippen molar-refractivity contribution >= 4 is 25.7 Å². The summed E-state index contributed by atoms with van der Waals surface area (Å²) in [6.45, 7) is 3.41. The molecule has 0 spiro atoms. The zero-order valence-corrected chi connectivity index (χ0v) is 15.2. The molecule has 2 aromatic carbocycles. The number of benzene rings is 2. The quantitative estimate of drug-likeness (QED) is 0.797. The van der Waals surface area contributed by atoms with Crippen LogP contribution in [0.4, 0.5) is 5.69 Å². The maximum atomic E-state index is 12.3. The van der Waals surface area contributed by atoms with Crippen LogP contribution in [0.15, 0.2) is 58.3 Å². The van der Waals surface area contributed by atoms with Crippen LogP contribution in [-0.2, 0) is 20.0 Å². The van der Waals surface area contributed by atoms with Crippen LogP contribution in [0.1, 0.15) is 19.4 Å². The summed E-state index contributed by atoms with van der Waals surface area (Å²) in [7, 11) is -7.47. The van der Waals surface area contributed by atoms with Gasteiger partial charge in [0, 0.05) is 11.7 Å². The Bertz CT molecular complexity index is 989. The third kappa shape index (κ3) is 4.79. The van der Waals surface area contributed by atoms with E-state index in [0.717, 1.165) is 0 Å². The summed E-state index contributed by atoms with van der Waals surface area (Å²) in [6.07, 6.45) is 0. The van der Waals surface area contributed by atoms with E-state index in [1.807, 2.05) is 6.07 Å². The average Bonchev–Trinajstić information content (AvgIpc) is 2.54. The highest BCUT2D eigenvalue weighted by molar-refractivity contribution is 7.92. The molecule has 0 heterocycles. The third-order valence-corrected chi connectivity index (χ3v) is 6.17. The number of hydrogen-bond acceptors (Lipinski definition) is 5. The summed E-state index contributed by atoms with van der Waals surface area (Å²) in [5.41, 5.74) is 0.582. The first-order chi connectivity index (χ1) is 11.6. The van der Waals surface area contributed by atoms with Crippen molar-refractivity contribution in [1.82, 2.24) is 4.72 Å². The summed E-state index contributed by atoms with van der Waals surface area (Å²) < 4.78 is 53.5. The van der Waals surface area contributed by atoms with Gasteiger partial charge in [-0.05, 0) is 62.4 Å². The summed E-state index contributed by atoms with van der Waals surface area (Å²) in [4.78, 5) is 0.0483. The molecular formula is C16H17N3O4S2. The summed E-state index contributed by atoms with van der Waals surface area (Å²) in [6, 6.07) is 12.5. The molecule has 0 fully saturated rings. The molecular weight excluding hydrogens is 362 g/mol. The second kappa shape index (κ2) is 7.23. The van der Waals surface area contributed by atoms with E-state index in [0.29, 0.717) is 5.56 Å². The third-order valence-electron chi connectivity index (χ3n) is 3.10. The van der Waals surface area contributed by atoms with Crippen LogP contribution in [-0.4, -0.2) is 22.9 Å². The topological polar surface area (TPSA) is 116 Å². The van der Waals surface area contributed by atoms with Crippen LogP contribution in [0.3, 0.4) is 0 Å². The van der Waals surface area contributed by atoms with Crippen molar-refractivity contribution in [3.05, 3.63) is 54.1 Å². The number of nitrogens with zero attached hydrogens (tertiary/aromatic N) is 1. The maximum absolute atomic E-state index is 12.3. The molecule has 0 atom stereocenters.